The van der Waals surface area contributed by atoms with Crippen molar-refractivity contribution in [3.05, 3.63) is 35.6 Å². The van der Waals surface area contributed by atoms with Crippen LogP contribution >= 0.6 is 11.8 Å². The van der Waals surface area contributed by atoms with E-state index in [-0.39, 0.29) is 28.3 Å². The van der Waals surface area contributed by atoms with Crippen LogP contribution in [0.4, 0.5) is 4.39 Å². The van der Waals surface area contributed by atoms with Crippen LogP contribution in [-0.4, -0.2) is 47.0 Å². The Balaban J connectivity index is 2.07. The number of likely N-dealkylation sites (N-methyl/N-ethyl adjacent to an activating group) is 1. The molecular formula is C18H25FN2O2S. The average molecular weight is 352 g/mol. The zero-order valence-corrected chi connectivity index (χ0v) is 15.5. The van der Waals surface area contributed by atoms with Gasteiger partial charge < -0.3 is 9.80 Å². The molecule has 1 fully saturated rings. The molecule has 0 bridgehead atoms. The van der Waals surface area contributed by atoms with Gasteiger partial charge in [0, 0.05) is 32.1 Å². The molecule has 1 aliphatic rings. The van der Waals surface area contributed by atoms with Gasteiger partial charge in [0.1, 0.15) is 11.2 Å². The Morgan fingerprint density at radius 1 is 1.38 bits per heavy atom. The van der Waals surface area contributed by atoms with Crippen LogP contribution in [0.25, 0.3) is 0 Å². The second-order valence-electron chi connectivity index (χ2n) is 6.60. The van der Waals surface area contributed by atoms with E-state index < -0.39 is 0 Å². The molecule has 132 valence electrons. The molecule has 24 heavy (non-hydrogen) atoms. The molecule has 1 heterocycles. The van der Waals surface area contributed by atoms with E-state index in [2.05, 4.69) is 0 Å². The van der Waals surface area contributed by atoms with Crippen LogP contribution in [0.1, 0.15) is 38.1 Å². The lowest BCUT2D eigenvalue weighted by molar-refractivity contribution is -0.134. The van der Waals surface area contributed by atoms with E-state index in [0.717, 1.165) is 0 Å². The van der Waals surface area contributed by atoms with Gasteiger partial charge >= 0.3 is 0 Å². The first-order valence-electron chi connectivity index (χ1n) is 8.25. The van der Waals surface area contributed by atoms with Crippen LogP contribution in [0.5, 0.6) is 0 Å². The monoisotopic (exact) mass is 352 g/mol. The highest BCUT2D eigenvalue weighted by atomic mass is 32.2. The fourth-order valence-electron chi connectivity index (χ4n) is 2.71. The summed E-state index contributed by atoms with van der Waals surface area (Å²) in [5.41, 5.74) is 0.524. The quantitative estimate of drug-likeness (QED) is 0.789. The van der Waals surface area contributed by atoms with E-state index in [1.54, 1.807) is 35.0 Å². The summed E-state index contributed by atoms with van der Waals surface area (Å²) >= 11 is 1.45. The number of hydrogen-bond acceptors (Lipinski definition) is 3. The standard InChI is InChI=1S/C18H25FN2O2S/c1-12(2)11-16(22)20(4)9-10-21-17(23)13(3)24-18(21)14-7-5-6-8-15(14)19/h5-8,12-13,18H,9-11H2,1-4H3. The summed E-state index contributed by atoms with van der Waals surface area (Å²) in [6.45, 7) is 6.71. The summed E-state index contributed by atoms with van der Waals surface area (Å²) in [5.74, 6) is 0.0685. The van der Waals surface area contributed by atoms with Gasteiger partial charge in [0.05, 0.1) is 5.25 Å². The van der Waals surface area contributed by atoms with E-state index in [1.165, 1.54) is 17.8 Å². The minimum atomic E-state index is -0.331. The number of benzene rings is 1. The van der Waals surface area contributed by atoms with E-state index >= 15 is 0 Å². The van der Waals surface area contributed by atoms with E-state index in [9.17, 15) is 14.0 Å². The highest BCUT2D eigenvalue weighted by molar-refractivity contribution is 8.01. The molecule has 2 atom stereocenters. The topological polar surface area (TPSA) is 40.6 Å². The Bertz CT molecular complexity index is 608. The zero-order valence-electron chi connectivity index (χ0n) is 14.7. The first-order valence-corrected chi connectivity index (χ1v) is 9.20. The maximum atomic E-state index is 14.1. The Morgan fingerprint density at radius 2 is 2.04 bits per heavy atom. The van der Waals surface area contributed by atoms with Crippen molar-refractivity contribution >= 4 is 23.6 Å². The summed E-state index contributed by atoms with van der Waals surface area (Å²) < 4.78 is 14.1. The van der Waals surface area contributed by atoms with E-state index in [0.29, 0.717) is 31.0 Å². The number of amides is 2. The lowest BCUT2D eigenvalue weighted by Crippen LogP contribution is -2.39. The van der Waals surface area contributed by atoms with E-state index in [4.69, 9.17) is 0 Å². The van der Waals surface area contributed by atoms with Crippen LogP contribution in [0.3, 0.4) is 0 Å². The van der Waals surface area contributed by atoms with Crippen molar-refractivity contribution in [2.45, 2.75) is 37.8 Å². The van der Waals surface area contributed by atoms with Gasteiger partial charge in [-0.3, -0.25) is 9.59 Å². The Hall–Kier alpha value is -1.56. The molecule has 6 heteroatoms. The van der Waals surface area contributed by atoms with Crippen molar-refractivity contribution in [2.24, 2.45) is 5.92 Å². The third-order valence-corrected chi connectivity index (χ3v) is 5.48. The van der Waals surface area contributed by atoms with Crippen LogP contribution < -0.4 is 0 Å². The molecule has 1 saturated heterocycles. The van der Waals surface area contributed by atoms with Crippen molar-refractivity contribution in [1.29, 1.82) is 0 Å². The number of nitrogens with zero attached hydrogens (tertiary/aromatic N) is 2. The lowest BCUT2D eigenvalue weighted by atomic mass is 10.1. The molecule has 0 N–H and O–H groups in total. The maximum Gasteiger partial charge on any atom is 0.236 e. The number of carbonyl (C=O) groups excluding carboxylic acids is 2. The van der Waals surface area contributed by atoms with Gasteiger partial charge in [-0.2, -0.15) is 0 Å². The number of halogens is 1. The average Bonchev–Trinajstić information content (AvgIpc) is 2.80. The van der Waals surface area contributed by atoms with Gasteiger partial charge in [0.15, 0.2) is 0 Å². The number of thioether (sulfide) groups is 1. The lowest BCUT2D eigenvalue weighted by Gasteiger charge is -2.27. The van der Waals surface area contributed by atoms with Gasteiger partial charge in [0.2, 0.25) is 11.8 Å². The van der Waals surface area contributed by atoms with Gasteiger partial charge in [0.25, 0.3) is 0 Å². The van der Waals surface area contributed by atoms with Crippen molar-refractivity contribution in [1.82, 2.24) is 9.80 Å². The molecule has 4 nitrogen and oxygen atoms in total. The van der Waals surface area contributed by atoms with Crippen molar-refractivity contribution in [2.75, 3.05) is 20.1 Å². The van der Waals surface area contributed by atoms with Crippen molar-refractivity contribution < 1.29 is 14.0 Å². The molecule has 1 aliphatic heterocycles. The summed E-state index contributed by atoms with van der Waals surface area (Å²) in [7, 11) is 1.75. The van der Waals surface area contributed by atoms with Crippen LogP contribution in [0.15, 0.2) is 24.3 Å². The summed E-state index contributed by atoms with van der Waals surface area (Å²) in [4.78, 5) is 27.8. The SMILES string of the molecule is CC(C)CC(=O)N(C)CCN1C(=O)C(C)SC1c1ccccc1F. The van der Waals surface area contributed by atoms with Crippen LogP contribution in [0, 0.1) is 11.7 Å². The number of hydrogen-bond donors (Lipinski definition) is 0. The van der Waals surface area contributed by atoms with Gasteiger partial charge in [-0.1, -0.05) is 32.0 Å². The summed E-state index contributed by atoms with van der Waals surface area (Å²) in [6, 6.07) is 6.56. The zero-order chi connectivity index (χ0) is 17.9. The fourth-order valence-corrected chi connectivity index (χ4v) is 4.04. The molecule has 1 aromatic carbocycles. The van der Waals surface area contributed by atoms with Crippen LogP contribution in [0.2, 0.25) is 0 Å². The maximum absolute atomic E-state index is 14.1. The van der Waals surface area contributed by atoms with Crippen molar-refractivity contribution in [3.8, 4) is 0 Å². The molecule has 0 aliphatic carbocycles. The third-order valence-electron chi connectivity index (χ3n) is 4.10. The van der Waals surface area contributed by atoms with Gasteiger partial charge in [-0.15, -0.1) is 11.8 Å². The molecule has 2 amide bonds. The third kappa shape index (κ3) is 4.29. The Kier molecular flexibility index (Phi) is 6.27. The minimum Gasteiger partial charge on any atom is -0.344 e. The second-order valence-corrected chi connectivity index (χ2v) is 8.02. The molecule has 0 saturated carbocycles. The molecule has 0 radical (unpaired) electrons. The largest absolute Gasteiger partial charge is 0.344 e. The smallest absolute Gasteiger partial charge is 0.236 e. The summed E-state index contributed by atoms with van der Waals surface area (Å²) in [6.07, 6.45) is 0.492. The predicted molar refractivity (Wildman–Crippen MR) is 95.0 cm³/mol. The van der Waals surface area contributed by atoms with E-state index in [1.807, 2.05) is 20.8 Å². The number of rotatable bonds is 6. The molecule has 0 aromatic heterocycles. The normalized spacial score (nSPS) is 20.8. The molecule has 2 unspecified atom stereocenters. The first kappa shape index (κ1) is 18.8. The predicted octanol–water partition coefficient (Wildman–Crippen LogP) is 3.29. The van der Waals surface area contributed by atoms with Crippen molar-refractivity contribution in [3.63, 3.8) is 0 Å². The van der Waals surface area contributed by atoms with Crippen LogP contribution in [-0.2, 0) is 9.59 Å². The summed E-state index contributed by atoms with van der Waals surface area (Å²) in [5, 5.41) is -0.534. The highest BCUT2D eigenvalue weighted by Gasteiger charge is 2.39. The fraction of sp³-hybridized carbons (Fsp3) is 0.556. The molecule has 1 aromatic rings. The Labute approximate surface area is 147 Å². The Morgan fingerprint density at radius 3 is 2.67 bits per heavy atom. The van der Waals surface area contributed by atoms with Gasteiger partial charge in [-0.25, -0.2) is 4.39 Å². The molecular weight excluding hydrogens is 327 g/mol. The molecule has 2 rings (SSSR count). The first-order chi connectivity index (χ1) is 11.3. The molecule has 0 spiro atoms. The minimum absolute atomic E-state index is 0.00189. The highest BCUT2D eigenvalue weighted by Crippen LogP contribution is 2.43. The number of carbonyl (C=O) groups is 2. The van der Waals surface area contributed by atoms with Gasteiger partial charge in [-0.05, 0) is 18.9 Å². The second kappa shape index (κ2) is 8.01.